The summed E-state index contributed by atoms with van der Waals surface area (Å²) in [5.74, 6) is 1.52. The normalized spacial score (nSPS) is 27.6. The van der Waals surface area contributed by atoms with E-state index in [0.29, 0.717) is 28.8 Å². The largest absolute Gasteiger partial charge is 0.457 e. The van der Waals surface area contributed by atoms with Gasteiger partial charge in [-0.1, -0.05) is 19.0 Å². The Bertz CT molecular complexity index is 1240. The Morgan fingerprint density at radius 3 is 2.66 bits per heavy atom. The molecule has 206 valence electrons. The number of nitrogens with two attached hydrogens (primary N) is 1. The first kappa shape index (κ1) is 26.3. The van der Waals surface area contributed by atoms with Crippen LogP contribution in [0.4, 0.5) is 11.8 Å². The fourth-order valence-corrected chi connectivity index (χ4v) is 5.12. The van der Waals surface area contributed by atoms with Crippen molar-refractivity contribution >= 4 is 29.4 Å². The highest BCUT2D eigenvalue weighted by atomic mass is 16.6. The first-order valence-electron chi connectivity index (χ1n) is 13.2. The van der Waals surface area contributed by atoms with Crippen LogP contribution < -0.4 is 16.4 Å². The Morgan fingerprint density at radius 2 is 2.00 bits per heavy atom. The van der Waals surface area contributed by atoms with Crippen molar-refractivity contribution in [2.24, 2.45) is 5.73 Å². The number of anilines is 2. The third-order valence-electron chi connectivity index (χ3n) is 7.34. The number of carbonyl (C=O) groups is 1. The number of carbonyl (C=O) groups excluding carboxylic acids is 1. The average Bonchev–Trinajstić information content (AvgIpc) is 3.61. The van der Waals surface area contributed by atoms with Gasteiger partial charge in [0.05, 0.1) is 6.33 Å². The average molecular weight is 530 g/mol. The molecule has 1 saturated heterocycles. The van der Waals surface area contributed by atoms with Gasteiger partial charge >= 0.3 is 0 Å². The summed E-state index contributed by atoms with van der Waals surface area (Å²) in [4.78, 5) is 29.7. The van der Waals surface area contributed by atoms with Crippen LogP contribution in [0.15, 0.2) is 10.9 Å². The third-order valence-corrected chi connectivity index (χ3v) is 7.34. The van der Waals surface area contributed by atoms with Crippen molar-refractivity contribution in [3.8, 4) is 0 Å². The van der Waals surface area contributed by atoms with Crippen molar-refractivity contribution in [3.63, 3.8) is 0 Å². The van der Waals surface area contributed by atoms with E-state index in [-0.39, 0.29) is 30.5 Å². The molecule has 14 heteroatoms. The first-order valence-corrected chi connectivity index (χ1v) is 13.2. The van der Waals surface area contributed by atoms with Crippen molar-refractivity contribution in [3.05, 3.63) is 18.0 Å². The summed E-state index contributed by atoms with van der Waals surface area (Å²) in [6.45, 7) is 6.16. The molecule has 2 aliphatic rings. The molecule has 3 aromatic rings. The van der Waals surface area contributed by atoms with Gasteiger partial charge in [0.15, 0.2) is 41.2 Å². The van der Waals surface area contributed by atoms with Crippen LogP contribution in [0.3, 0.4) is 0 Å². The first-order chi connectivity index (χ1) is 18.4. The fraction of sp³-hybridized carbons (Fsp3) is 0.667. The van der Waals surface area contributed by atoms with E-state index in [2.05, 4.69) is 39.6 Å². The molecule has 0 radical (unpaired) electrons. The van der Waals surface area contributed by atoms with E-state index >= 15 is 0 Å². The van der Waals surface area contributed by atoms with Crippen LogP contribution in [0.25, 0.3) is 11.2 Å². The predicted molar refractivity (Wildman–Crippen MR) is 136 cm³/mol. The van der Waals surface area contributed by atoms with Crippen molar-refractivity contribution in [1.29, 1.82) is 0 Å². The standard InChI is InChI=1S/C24H35N9O5/c1-4-14(5-2)28-20-16-21(31-24(30-20)29-15-8-6-13(25)7-9-15)33(10-26-16)23-19(36-11-34)17(35)18(37-23)22-27-12(3)32-38-22/h10-11,13-15,17-19,23,35H,4-9,25H2,1-3H3,(H2,28,29,30,31)/t13-,15-,17-,18+,19-,23-/m1/s1. The van der Waals surface area contributed by atoms with Crippen molar-refractivity contribution in [1.82, 2.24) is 29.7 Å². The van der Waals surface area contributed by atoms with E-state index in [0.717, 1.165) is 38.5 Å². The maximum atomic E-state index is 11.4. The van der Waals surface area contributed by atoms with E-state index in [4.69, 9.17) is 29.7 Å². The minimum absolute atomic E-state index is 0.0880. The molecule has 0 aromatic carbocycles. The Kier molecular flexibility index (Phi) is 7.72. The van der Waals surface area contributed by atoms with E-state index in [1.165, 1.54) is 0 Å². The van der Waals surface area contributed by atoms with Gasteiger partial charge in [-0.15, -0.1) is 0 Å². The SMILES string of the molecule is CCC(CC)Nc1nc(N[C@H]2CC[C@H](N)CC2)nc2c1ncn2[C@@H]1O[C@H](c2nc(C)no2)[C@@H](O)[C@H]1OC=O. The maximum absolute atomic E-state index is 11.4. The van der Waals surface area contributed by atoms with Crippen LogP contribution in [0.1, 0.15) is 76.4 Å². The van der Waals surface area contributed by atoms with Gasteiger partial charge in [-0.2, -0.15) is 15.0 Å². The summed E-state index contributed by atoms with van der Waals surface area (Å²) in [6, 6.07) is 0.617. The zero-order valence-electron chi connectivity index (χ0n) is 21.8. The predicted octanol–water partition coefficient (Wildman–Crippen LogP) is 1.97. The molecule has 0 unspecified atom stereocenters. The number of fused-ring (bicyclic) bond motifs is 1. The Morgan fingerprint density at radius 1 is 1.24 bits per heavy atom. The highest BCUT2D eigenvalue weighted by molar-refractivity contribution is 5.84. The molecule has 1 aliphatic carbocycles. The summed E-state index contributed by atoms with van der Waals surface area (Å²) in [5, 5.41) is 21.7. The van der Waals surface area contributed by atoms with E-state index in [1.54, 1.807) is 17.8 Å². The lowest BCUT2D eigenvalue weighted by atomic mass is 9.92. The number of ether oxygens (including phenoxy) is 2. The lowest BCUT2D eigenvalue weighted by molar-refractivity contribution is -0.142. The zero-order chi connectivity index (χ0) is 26.8. The quantitative estimate of drug-likeness (QED) is 0.279. The topological polar surface area (TPSA) is 188 Å². The zero-order valence-corrected chi connectivity index (χ0v) is 21.8. The number of hydrogen-bond acceptors (Lipinski definition) is 13. The molecule has 5 N–H and O–H groups in total. The van der Waals surface area contributed by atoms with Crippen LogP contribution in [0.2, 0.25) is 0 Å². The van der Waals surface area contributed by atoms with Crippen molar-refractivity contribution < 1.29 is 23.9 Å². The summed E-state index contributed by atoms with van der Waals surface area (Å²) in [5.41, 5.74) is 7.08. The van der Waals surface area contributed by atoms with Crippen LogP contribution in [0, 0.1) is 6.92 Å². The number of nitrogens with zero attached hydrogens (tertiary/aromatic N) is 6. The van der Waals surface area contributed by atoms with Gasteiger partial charge in [-0.25, -0.2) is 4.98 Å². The summed E-state index contributed by atoms with van der Waals surface area (Å²) >= 11 is 0. The van der Waals surface area contributed by atoms with Crippen LogP contribution in [-0.4, -0.2) is 71.6 Å². The second-order valence-electron chi connectivity index (χ2n) is 9.95. The number of hydrogen-bond donors (Lipinski definition) is 4. The summed E-state index contributed by atoms with van der Waals surface area (Å²) in [6.07, 6.45) is 2.81. The van der Waals surface area contributed by atoms with Gasteiger partial charge in [-0.05, 0) is 45.4 Å². The number of aliphatic hydroxyl groups is 1. The van der Waals surface area contributed by atoms with Gasteiger partial charge in [0.2, 0.25) is 5.95 Å². The smallest absolute Gasteiger partial charge is 0.293 e. The van der Waals surface area contributed by atoms with Gasteiger partial charge in [-0.3, -0.25) is 9.36 Å². The number of nitrogens with one attached hydrogen (secondary N) is 2. The molecule has 0 amide bonds. The van der Waals surface area contributed by atoms with Crippen LogP contribution in [-0.2, 0) is 14.3 Å². The van der Waals surface area contributed by atoms with Gasteiger partial charge in [0.25, 0.3) is 12.4 Å². The second kappa shape index (κ2) is 11.2. The molecule has 0 bridgehead atoms. The lowest BCUT2D eigenvalue weighted by Crippen LogP contribution is -2.33. The minimum atomic E-state index is -1.25. The second-order valence-corrected chi connectivity index (χ2v) is 9.95. The molecule has 38 heavy (non-hydrogen) atoms. The molecule has 0 spiro atoms. The lowest BCUT2D eigenvalue weighted by Gasteiger charge is -2.27. The molecule has 2 fully saturated rings. The van der Waals surface area contributed by atoms with Crippen LogP contribution in [0.5, 0.6) is 0 Å². The molecule has 4 atom stereocenters. The number of rotatable bonds is 10. The number of aryl methyl sites for hydroxylation is 1. The van der Waals surface area contributed by atoms with Gasteiger partial charge < -0.3 is 35.5 Å². The van der Waals surface area contributed by atoms with Crippen molar-refractivity contribution in [2.75, 3.05) is 10.6 Å². The van der Waals surface area contributed by atoms with Crippen LogP contribution >= 0.6 is 0 Å². The summed E-state index contributed by atoms with van der Waals surface area (Å²) in [7, 11) is 0. The molecule has 1 saturated carbocycles. The van der Waals surface area contributed by atoms with E-state index < -0.39 is 24.5 Å². The van der Waals surface area contributed by atoms with E-state index in [9.17, 15) is 9.90 Å². The number of aliphatic hydroxyl groups excluding tert-OH is 1. The highest BCUT2D eigenvalue weighted by Gasteiger charge is 2.50. The molecule has 3 aromatic heterocycles. The van der Waals surface area contributed by atoms with Crippen molar-refractivity contribution in [2.45, 2.75) is 102 Å². The fourth-order valence-electron chi connectivity index (χ4n) is 5.12. The molecule has 5 rings (SSSR count). The molecule has 14 nitrogen and oxygen atoms in total. The number of aromatic nitrogens is 6. The van der Waals surface area contributed by atoms with Gasteiger partial charge in [0, 0.05) is 18.1 Å². The monoisotopic (exact) mass is 529 g/mol. The Labute approximate surface area is 219 Å². The Hall–Kier alpha value is -3.36. The number of imidazole rings is 1. The minimum Gasteiger partial charge on any atom is -0.457 e. The third kappa shape index (κ3) is 5.15. The molecular formula is C24H35N9O5. The van der Waals surface area contributed by atoms with Gasteiger partial charge in [0.1, 0.15) is 6.10 Å². The Balaban J connectivity index is 1.53. The molecule has 4 heterocycles. The van der Waals surface area contributed by atoms with E-state index in [1.807, 2.05) is 0 Å². The summed E-state index contributed by atoms with van der Waals surface area (Å²) < 4.78 is 18.3. The highest BCUT2D eigenvalue weighted by Crippen LogP contribution is 2.41. The molecule has 1 aliphatic heterocycles. The molecular weight excluding hydrogens is 494 g/mol. The maximum Gasteiger partial charge on any atom is 0.293 e.